The van der Waals surface area contributed by atoms with Crippen molar-refractivity contribution in [2.75, 3.05) is 17.7 Å². The maximum Gasteiger partial charge on any atom is 0.0825 e. The third-order valence-corrected chi connectivity index (χ3v) is 3.37. The molecular formula is C11H14N2S. The SMILES string of the molecule is C=CCSC1NCNc2ccccc21. The topological polar surface area (TPSA) is 24.1 Å². The molecule has 1 aromatic carbocycles. The molecule has 0 fully saturated rings. The van der Waals surface area contributed by atoms with Gasteiger partial charge in [-0.2, -0.15) is 0 Å². The molecule has 1 unspecified atom stereocenters. The number of hydrogen-bond acceptors (Lipinski definition) is 3. The van der Waals surface area contributed by atoms with Crippen molar-refractivity contribution in [1.29, 1.82) is 0 Å². The molecule has 1 atom stereocenters. The van der Waals surface area contributed by atoms with Gasteiger partial charge in [0.25, 0.3) is 0 Å². The van der Waals surface area contributed by atoms with Crippen LogP contribution in [-0.4, -0.2) is 12.4 Å². The second-order valence-electron chi connectivity index (χ2n) is 3.15. The minimum absolute atomic E-state index is 0.394. The van der Waals surface area contributed by atoms with Crippen molar-refractivity contribution in [1.82, 2.24) is 5.32 Å². The molecule has 2 N–H and O–H groups in total. The lowest BCUT2D eigenvalue weighted by molar-refractivity contribution is 0.693. The van der Waals surface area contributed by atoms with E-state index in [1.807, 2.05) is 17.8 Å². The largest absolute Gasteiger partial charge is 0.372 e. The maximum absolute atomic E-state index is 3.74. The average molecular weight is 206 g/mol. The van der Waals surface area contributed by atoms with Gasteiger partial charge in [-0.1, -0.05) is 24.3 Å². The highest BCUT2D eigenvalue weighted by atomic mass is 32.2. The second-order valence-corrected chi connectivity index (χ2v) is 4.29. The minimum atomic E-state index is 0.394. The molecule has 14 heavy (non-hydrogen) atoms. The number of hydrogen-bond donors (Lipinski definition) is 2. The number of rotatable bonds is 3. The van der Waals surface area contributed by atoms with Crippen molar-refractivity contribution in [3.8, 4) is 0 Å². The summed E-state index contributed by atoms with van der Waals surface area (Å²) < 4.78 is 0. The predicted octanol–water partition coefficient (Wildman–Crippen LogP) is 2.58. The zero-order valence-electron chi connectivity index (χ0n) is 7.99. The van der Waals surface area contributed by atoms with Crippen LogP contribution in [0.2, 0.25) is 0 Å². The molecule has 0 aromatic heterocycles. The van der Waals surface area contributed by atoms with E-state index in [1.165, 1.54) is 11.3 Å². The summed E-state index contributed by atoms with van der Waals surface area (Å²) in [6, 6.07) is 8.42. The van der Waals surface area contributed by atoms with Gasteiger partial charge in [-0.15, -0.1) is 18.3 Å². The Morgan fingerprint density at radius 2 is 2.36 bits per heavy atom. The van der Waals surface area contributed by atoms with Gasteiger partial charge in [-0.25, -0.2) is 0 Å². The van der Waals surface area contributed by atoms with E-state index >= 15 is 0 Å². The number of thioether (sulfide) groups is 1. The normalized spacial score (nSPS) is 19.6. The Labute approximate surface area is 88.8 Å². The lowest BCUT2D eigenvalue weighted by Crippen LogP contribution is -2.31. The minimum Gasteiger partial charge on any atom is -0.372 e. The summed E-state index contributed by atoms with van der Waals surface area (Å²) in [5, 5.41) is 7.13. The first-order valence-electron chi connectivity index (χ1n) is 4.70. The van der Waals surface area contributed by atoms with Crippen LogP contribution in [-0.2, 0) is 0 Å². The number of nitrogens with one attached hydrogen (secondary N) is 2. The van der Waals surface area contributed by atoms with Crippen molar-refractivity contribution < 1.29 is 0 Å². The molecule has 0 saturated carbocycles. The molecule has 0 spiro atoms. The summed E-state index contributed by atoms with van der Waals surface area (Å²) in [5.74, 6) is 0.978. The van der Waals surface area contributed by atoms with Crippen LogP contribution in [0.4, 0.5) is 5.69 Å². The van der Waals surface area contributed by atoms with E-state index in [1.54, 1.807) is 0 Å². The number of benzene rings is 1. The molecule has 2 nitrogen and oxygen atoms in total. The van der Waals surface area contributed by atoms with Crippen LogP contribution in [0.25, 0.3) is 0 Å². The molecule has 3 heteroatoms. The van der Waals surface area contributed by atoms with Crippen molar-refractivity contribution in [3.63, 3.8) is 0 Å². The van der Waals surface area contributed by atoms with Crippen LogP contribution in [0.15, 0.2) is 36.9 Å². The van der Waals surface area contributed by atoms with Crippen LogP contribution in [0.3, 0.4) is 0 Å². The first-order chi connectivity index (χ1) is 6.92. The predicted molar refractivity (Wildman–Crippen MR) is 63.5 cm³/mol. The molecular weight excluding hydrogens is 192 g/mol. The molecule has 0 aliphatic carbocycles. The van der Waals surface area contributed by atoms with Crippen LogP contribution < -0.4 is 10.6 Å². The van der Waals surface area contributed by atoms with Crippen molar-refractivity contribution >= 4 is 17.4 Å². The van der Waals surface area contributed by atoms with E-state index in [2.05, 4.69) is 41.5 Å². The Balaban J connectivity index is 2.17. The third-order valence-electron chi connectivity index (χ3n) is 2.19. The van der Waals surface area contributed by atoms with E-state index in [0.717, 1.165) is 12.4 Å². The molecule has 0 amide bonds. The van der Waals surface area contributed by atoms with Gasteiger partial charge in [0, 0.05) is 17.0 Å². The van der Waals surface area contributed by atoms with E-state index in [9.17, 15) is 0 Å². The Morgan fingerprint density at radius 3 is 3.21 bits per heavy atom. The first-order valence-corrected chi connectivity index (χ1v) is 5.75. The van der Waals surface area contributed by atoms with Gasteiger partial charge in [0.1, 0.15) is 0 Å². The lowest BCUT2D eigenvalue weighted by Gasteiger charge is -2.27. The van der Waals surface area contributed by atoms with Gasteiger partial charge >= 0.3 is 0 Å². The van der Waals surface area contributed by atoms with Gasteiger partial charge in [0.15, 0.2) is 0 Å². The standard InChI is InChI=1S/C11H14N2S/c1-2-7-14-11-9-5-3-4-6-10(9)12-8-13-11/h2-6,11-13H,1,7-8H2. The van der Waals surface area contributed by atoms with Gasteiger partial charge in [-0.05, 0) is 6.07 Å². The summed E-state index contributed by atoms with van der Waals surface area (Å²) in [5.41, 5.74) is 2.58. The highest BCUT2D eigenvalue weighted by Gasteiger charge is 2.17. The van der Waals surface area contributed by atoms with Gasteiger partial charge < -0.3 is 5.32 Å². The van der Waals surface area contributed by atoms with Gasteiger partial charge in [-0.3, -0.25) is 5.32 Å². The summed E-state index contributed by atoms with van der Waals surface area (Å²) in [4.78, 5) is 0. The molecule has 1 aromatic rings. The molecule has 1 aliphatic heterocycles. The van der Waals surface area contributed by atoms with Crippen molar-refractivity contribution in [3.05, 3.63) is 42.5 Å². The van der Waals surface area contributed by atoms with E-state index in [4.69, 9.17) is 0 Å². The molecule has 74 valence electrons. The van der Waals surface area contributed by atoms with Crippen molar-refractivity contribution in [2.45, 2.75) is 5.37 Å². The van der Waals surface area contributed by atoms with Crippen molar-refractivity contribution in [2.24, 2.45) is 0 Å². The van der Waals surface area contributed by atoms with Crippen LogP contribution in [0.1, 0.15) is 10.9 Å². The van der Waals surface area contributed by atoms with Gasteiger partial charge in [0.2, 0.25) is 0 Å². The fourth-order valence-corrected chi connectivity index (χ4v) is 2.46. The Bertz CT molecular complexity index is 325. The molecule has 0 saturated heterocycles. The first kappa shape index (κ1) is 9.62. The Hall–Kier alpha value is -0.930. The van der Waals surface area contributed by atoms with Crippen LogP contribution in [0, 0.1) is 0 Å². The fourth-order valence-electron chi connectivity index (χ4n) is 1.55. The summed E-state index contributed by atoms with van der Waals surface area (Å²) in [7, 11) is 0. The summed E-state index contributed by atoms with van der Waals surface area (Å²) in [6.07, 6.45) is 1.94. The second kappa shape index (κ2) is 4.53. The quantitative estimate of drug-likeness (QED) is 0.743. The summed E-state index contributed by atoms with van der Waals surface area (Å²) >= 11 is 1.87. The van der Waals surface area contributed by atoms with Gasteiger partial charge in [0.05, 0.1) is 12.0 Å². The molecule has 1 aliphatic rings. The molecule has 1 heterocycles. The lowest BCUT2D eigenvalue weighted by atomic mass is 10.1. The van der Waals surface area contributed by atoms with E-state index < -0.39 is 0 Å². The summed E-state index contributed by atoms with van der Waals surface area (Å²) in [6.45, 7) is 4.58. The number of fused-ring (bicyclic) bond motifs is 1. The maximum atomic E-state index is 3.74. The third kappa shape index (κ3) is 1.94. The van der Waals surface area contributed by atoms with E-state index in [0.29, 0.717) is 5.37 Å². The van der Waals surface area contributed by atoms with E-state index in [-0.39, 0.29) is 0 Å². The molecule has 2 rings (SSSR count). The molecule has 0 bridgehead atoms. The monoisotopic (exact) mass is 206 g/mol. The fraction of sp³-hybridized carbons (Fsp3) is 0.273. The Kier molecular flexibility index (Phi) is 3.11. The highest BCUT2D eigenvalue weighted by Crippen LogP contribution is 2.33. The molecule has 0 radical (unpaired) electrons. The highest BCUT2D eigenvalue weighted by molar-refractivity contribution is 7.99. The number of anilines is 1. The number of para-hydroxylation sites is 1. The zero-order valence-corrected chi connectivity index (χ0v) is 8.81. The smallest absolute Gasteiger partial charge is 0.0825 e. The Morgan fingerprint density at radius 1 is 1.50 bits per heavy atom. The van der Waals surface area contributed by atoms with Crippen LogP contribution >= 0.6 is 11.8 Å². The zero-order chi connectivity index (χ0) is 9.80. The van der Waals surface area contributed by atoms with Crippen LogP contribution in [0.5, 0.6) is 0 Å². The average Bonchev–Trinajstić information content (AvgIpc) is 2.26.